The van der Waals surface area contributed by atoms with Crippen LogP contribution in [-0.2, 0) is 4.79 Å². The van der Waals surface area contributed by atoms with Crippen molar-refractivity contribution in [3.63, 3.8) is 0 Å². The van der Waals surface area contributed by atoms with Crippen LogP contribution in [0.25, 0.3) is 0 Å². The predicted molar refractivity (Wildman–Crippen MR) is 77.4 cm³/mol. The normalized spacial score (nSPS) is 9.60. The maximum absolute atomic E-state index is 11.6. The molecule has 102 valence electrons. The van der Waals surface area contributed by atoms with Gasteiger partial charge in [0.05, 0.1) is 17.1 Å². The fourth-order valence-corrected chi connectivity index (χ4v) is 1.79. The number of hydrazine groups is 1. The number of nitrogens with one attached hydrogen (secondary N) is 2. The Hall–Kier alpha value is -3.02. The smallest absolute Gasteiger partial charge is 0.323 e. The molecule has 4 N–H and O–H groups in total. The fourth-order valence-electron chi connectivity index (χ4n) is 1.79. The molecule has 0 aliphatic rings. The molecule has 0 spiro atoms. The van der Waals surface area contributed by atoms with Crippen molar-refractivity contribution >= 4 is 29.5 Å². The van der Waals surface area contributed by atoms with Gasteiger partial charge in [-0.1, -0.05) is 18.2 Å². The van der Waals surface area contributed by atoms with E-state index < -0.39 is 6.03 Å². The highest BCUT2D eigenvalue weighted by molar-refractivity contribution is 5.98. The lowest BCUT2D eigenvalue weighted by Crippen LogP contribution is -2.31. The molecule has 0 radical (unpaired) electrons. The quantitative estimate of drug-likeness (QED) is 0.573. The van der Waals surface area contributed by atoms with E-state index in [-0.39, 0.29) is 0 Å². The van der Waals surface area contributed by atoms with Crippen LogP contribution in [0, 0.1) is 0 Å². The zero-order valence-corrected chi connectivity index (χ0v) is 10.6. The largest absolute Gasteiger partial charge is 0.351 e. The Kier molecular flexibility index (Phi) is 4.18. The Morgan fingerprint density at radius 1 is 1.00 bits per heavy atom. The number of carbonyl (C=O) groups excluding carboxylic acids is 2. The van der Waals surface area contributed by atoms with Crippen molar-refractivity contribution < 1.29 is 9.59 Å². The molecule has 0 aliphatic carbocycles. The maximum Gasteiger partial charge on any atom is 0.323 e. The van der Waals surface area contributed by atoms with Crippen LogP contribution in [0.1, 0.15) is 0 Å². The number of anilines is 3. The number of nitrogens with two attached hydrogens (primary N) is 1. The molecule has 0 bridgehead atoms. The molecular weight excluding hydrogens is 256 g/mol. The summed E-state index contributed by atoms with van der Waals surface area (Å²) in [4.78, 5) is 23.2. The highest BCUT2D eigenvalue weighted by Gasteiger charge is 2.14. The van der Waals surface area contributed by atoms with Crippen molar-refractivity contribution in [3.8, 4) is 0 Å². The van der Waals surface area contributed by atoms with E-state index in [1.165, 1.54) is 4.90 Å². The van der Waals surface area contributed by atoms with Gasteiger partial charge in [-0.2, -0.15) is 0 Å². The molecule has 20 heavy (non-hydrogen) atoms. The van der Waals surface area contributed by atoms with E-state index in [1.54, 1.807) is 36.4 Å². The van der Waals surface area contributed by atoms with Crippen LogP contribution in [0.2, 0.25) is 0 Å². The van der Waals surface area contributed by atoms with Gasteiger partial charge in [-0.25, -0.2) is 4.79 Å². The van der Waals surface area contributed by atoms with E-state index in [1.807, 2.05) is 18.2 Å². The summed E-state index contributed by atoms with van der Waals surface area (Å²) < 4.78 is 0. The van der Waals surface area contributed by atoms with Gasteiger partial charge < -0.3 is 5.73 Å². The van der Waals surface area contributed by atoms with Crippen LogP contribution in [0.5, 0.6) is 0 Å². The van der Waals surface area contributed by atoms with Gasteiger partial charge in [-0.3, -0.25) is 20.5 Å². The molecule has 0 atom stereocenters. The lowest BCUT2D eigenvalue weighted by Gasteiger charge is -2.20. The van der Waals surface area contributed by atoms with Gasteiger partial charge in [0.1, 0.15) is 0 Å². The Labute approximate surface area is 116 Å². The second kappa shape index (κ2) is 6.24. The van der Waals surface area contributed by atoms with Gasteiger partial charge in [0.15, 0.2) is 0 Å². The first-order valence-electron chi connectivity index (χ1n) is 5.92. The molecule has 0 saturated carbocycles. The van der Waals surface area contributed by atoms with Crippen LogP contribution >= 0.6 is 0 Å². The minimum atomic E-state index is -0.567. The molecule has 0 fully saturated rings. The molecule has 3 amide bonds. The summed E-state index contributed by atoms with van der Waals surface area (Å²) in [5, 5.41) is 0. The first-order valence-corrected chi connectivity index (χ1v) is 5.92. The Morgan fingerprint density at radius 3 is 2.15 bits per heavy atom. The summed E-state index contributed by atoms with van der Waals surface area (Å²) in [5.41, 5.74) is 12.5. The van der Waals surface area contributed by atoms with Crippen molar-refractivity contribution in [1.29, 1.82) is 0 Å². The van der Waals surface area contributed by atoms with Crippen LogP contribution in [0.3, 0.4) is 0 Å². The number of urea groups is 1. The molecule has 6 nitrogen and oxygen atoms in total. The zero-order valence-electron chi connectivity index (χ0n) is 10.6. The third-order valence-electron chi connectivity index (χ3n) is 2.64. The van der Waals surface area contributed by atoms with E-state index in [9.17, 15) is 9.59 Å². The molecule has 2 rings (SSSR count). The van der Waals surface area contributed by atoms with Gasteiger partial charge in [0, 0.05) is 0 Å². The lowest BCUT2D eigenvalue weighted by atomic mass is 10.2. The number of para-hydroxylation sites is 1. The van der Waals surface area contributed by atoms with E-state index in [0.717, 1.165) is 0 Å². The van der Waals surface area contributed by atoms with Crippen LogP contribution in [0.15, 0.2) is 54.6 Å². The predicted octanol–water partition coefficient (Wildman–Crippen LogP) is 1.98. The first kappa shape index (κ1) is 13.4. The van der Waals surface area contributed by atoms with Crippen LogP contribution in [0.4, 0.5) is 21.9 Å². The molecule has 0 saturated heterocycles. The number of carbonyl (C=O) groups is 2. The summed E-state index contributed by atoms with van der Waals surface area (Å²) in [6.07, 6.45) is 0.535. The zero-order chi connectivity index (χ0) is 14.4. The highest BCUT2D eigenvalue weighted by Crippen LogP contribution is 2.25. The molecular formula is C14H14N4O2. The number of hydrogen-bond donors (Lipinski definition) is 3. The lowest BCUT2D eigenvalue weighted by molar-refractivity contribution is -0.109. The van der Waals surface area contributed by atoms with E-state index in [2.05, 4.69) is 10.9 Å². The van der Waals surface area contributed by atoms with Crippen molar-refractivity contribution in [3.05, 3.63) is 54.6 Å². The average Bonchev–Trinajstić information content (AvgIpc) is 2.47. The first-order chi connectivity index (χ1) is 9.72. The number of nitrogens with zero attached hydrogens (tertiary/aromatic N) is 1. The Morgan fingerprint density at radius 2 is 1.60 bits per heavy atom. The summed E-state index contributed by atoms with van der Waals surface area (Å²) in [5.74, 6) is 0. The number of rotatable bonds is 5. The SMILES string of the molecule is NC(=O)N(c1ccccc1)c1ccc(NNC=O)cc1. The Bertz CT molecular complexity index is 584. The van der Waals surface area contributed by atoms with E-state index in [0.29, 0.717) is 23.5 Å². The standard InChI is InChI=1S/C14H14N4O2/c15-14(20)18(12-4-2-1-3-5-12)13-8-6-11(7-9-13)17-16-10-19/h1-10,17H,(H2,15,20)(H,16,19). The van der Waals surface area contributed by atoms with Crippen molar-refractivity contribution in [2.24, 2.45) is 5.73 Å². The topological polar surface area (TPSA) is 87.5 Å². The van der Waals surface area contributed by atoms with Crippen LogP contribution < -0.4 is 21.5 Å². The second-order valence-electron chi connectivity index (χ2n) is 3.94. The van der Waals surface area contributed by atoms with Gasteiger partial charge in [-0.15, -0.1) is 0 Å². The molecule has 6 heteroatoms. The molecule has 0 aromatic heterocycles. The van der Waals surface area contributed by atoms with Gasteiger partial charge in [-0.05, 0) is 36.4 Å². The van der Waals surface area contributed by atoms with Crippen molar-refractivity contribution in [2.45, 2.75) is 0 Å². The van der Waals surface area contributed by atoms with Crippen molar-refractivity contribution in [2.75, 3.05) is 10.3 Å². The molecule has 2 aromatic carbocycles. The molecule has 0 unspecified atom stereocenters. The summed E-state index contributed by atoms with van der Waals surface area (Å²) in [7, 11) is 0. The summed E-state index contributed by atoms with van der Waals surface area (Å²) >= 11 is 0. The third-order valence-corrected chi connectivity index (χ3v) is 2.64. The molecule has 2 aromatic rings. The number of primary amides is 1. The second-order valence-corrected chi connectivity index (χ2v) is 3.94. The number of amides is 3. The van der Waals surface area contributed by atoms with E-state index >= 15 is 0 Å². The van der Waals surface area contributed by atoms with Crippen molar-refractivity contribution in [1.82, 2.24) is 5.43 Å². The average molecular weight is 270 g/mol. The van der Waals surface area contributed by atoms with Gasteiger partial charge >= 0.3 is 6.03 Å². The monoisotopic (exact) mass is 270 g/mol. The highest BCUT2D eigenvalue weighted by atomic mass is 16.2. The number of benzene rings is 2. The minimum Gasteiger partial charge on any atom is -0.351 e. The fraction of sp³-hybridized carbons (Fsp3) is 0. The third kappa shape index (κ3) is 3.05. The van der Waals surface area contributed by atoms with Gasteiger partial charge in [0.2, 0.25) is 6.41 Å². The summed E-state index contributed by atoms with van der Waals surface area (Å²) in [6, 6.07) is 15.5. The molecule has 0 aliphatic heterocycles. The number of hydrogen-bond acceptors (Lipinski definition) is 3. The van der Waals surface area contributed by atoms with Crippen LogP contribution in [-0.4, -0.2) is 12.4 Å². The van der Waals surface area contributed by atoms with E-state index in [4.69, 9.17) is 5.73 Å². The minimum absolute atomic E-state index is 0.535. The summed E-state index contributed by atoms with van der Waals surface area (Å²) in [6.45, 7) is 0. The molecule has 0 heterocycles. The maximum atomic E-state index is 11.6. The van der Waals surface area contributed by atoms with Gasteiger partial charge in [0.25, 0.3) is 0 Å². The Balaban J connectivity index is 2.26.